The fourth-order valence-electron chi connectivity index (χ4n) is 2.11. The lowest BCUT2D eigenvalue weighted by Gasteiger charge is -2.18. The number of fused-ring (bicyclic) bond motifs is 1. The normalized spacial score (nSPS) is 10.5. The van der Waals surface area contributed by atoms with Crippen LogP contribution < -0.4 is 10.6 Å². The predicted octanol–water partition coefficient (Wildman–Crippen LogP) is 2.68. The SMILES string of the molecule is CN(c1ccc(C(=N)N)cc1)c1cnc2ccccc2n1. The molecule has 0 aliphatic carbocycles. The van der Waals surface area contributed by atoms with Crippen LogP contribution in [0.1, 0.15) is 5.56 Å². The molecule has 0 unspecified atom stereocenters. The molecular weight excluding hydrogens is 262 g/mol. The van der Waals surface area contributed by atoms with Crippen LogP contribution in [0.25, 0.3) is 11.0 Å². The molecule has 1 aromatic heterocycles. The summed E-state index contributed by atoms with van der Waals surface area (Å²) < 4.78 is 0. The van der Waals surface area contributed by atoms with E-state index in [0.29, 0.717) is 5.56 Å². The number of amidine groups is 1. The molecule has 5 heteroatoms. The number of benzene rings is 2. The Hall–Kier alpha value is -2.95. The largest absolute Gasteiger partial charge is 0.384 e. The zero-order valence-electron chi connectivity index (χ0n) is 11.6. The maximum absolute atomic E-state index is 7.41. The molecule has 3 N–H and O–H groups in total. The third-order valence-electron chi connectivity index (χ3n) is 3.35. The smallest absolute Gasteiger partial charge is 0.152 e. The highest BCUT2D eigenvalue weighted by Crippen LogP contribution is 2.23. The molecule has 0 aliphatic heterocycles. The summed E-state index contributed by atoms with van der Waals surface area (Å²) in [4.78, 5) is 11.0. The molecule has 3 rings (SSSR count). The van der Waals surface area contributed by atoms with Crippen LogP contribution in [0.2, 0.25) is 0 Å². The fraction of sp³-hybridized carbons (Fsp3) is 0.0625. The van der Waals surface area contributed by atoms with Gasteiger partial charge in [0.05, 0.1) is 17.2 Å². The summed E-state index contributed by atoms with van der Waals surface area (Å²) >= 11 is 0. The van der Waals surface area contributed by atoms with Crippen LogP contribution in [0, 0.1) is 5.41 Å². The van der Waals surface area contributed by atoms with Crippen LogP contribution in [-0.4, -0.2) is 22.9 Å². The molecule has 0 spiro atoms. The number of hydrogen-bond donors (Lipinski definition) is 2. The standard InChI is InChI=1S/C16H15N5/c1-21(12-8-6-11(7-9-12)16(17)18)15-10-19-13-4-2-3-5-14(13)20-15/h2-10H,1H3,(H3,17,18). The van der Waals surface area contributed by atoms with E-state index >= 15 is 0 Å². The molecule has 0 amide bonds. The molecule has 3 aromatic rings. The number of aromatic nitrogens is 2. The second-order valence-electron chi connectivity index (χ2n) is 4.74. The first kappa shape index (κ1) is 13.1. The molecule has 5 nitrogen and oxygen atoms in total. The minimum absolute atomic E-state index is 0.0645. The molecule has 0 atom stereocenters. The third kappa shape index (κ3) is 2.53. The van der Waals surface area contributed by atoms with E-state index < -0.39 is 0 Å². The molecule has 0 fully saturated rings. The van der Waals surface area contributed by atoms with Crippen molar-refractivity contribution in [1.82, 2.24) is 9.97 Å². The maximum atomic E-state index is 7.41. The summed E-state index contributed by atoms with van der Waals surface area (Å²) in [5, 5.41) is 7.41. The summed E-state index contributed by atoms with van der Waals surface area (Å²) in [6.07, 6.45) is 1.75. The van der Waals surface area contributed by atoms with Gasteiger partial charge >= 0.3 is 0 Å². The lowest BCUT2D eigenvalue weighted by molar-refractivity contribution is 1.12. The molecular formula is C16H15N5. The quantitative estimate of drug-likeness (QED) is 0.570. The van der Waals surface area contributed by atoms with E-state index in [4.69, 9.17) is 11.1 Å². The number of rotatable bonds is 3. The molecule has 0 aliphatic rings. The molecule has 1 heterocycles. The minimum Gasteiger partial charge on any atom is -0.384 e. The van der Waals surface area contributed by atoms with E-state index in [2.05, 4.69) is 9.97 Å². The minimum atomic E-state index is 0.0645. The Morgan fingerprint density at radius 2 is 1.71 bits per heavy atom. The molecule has 0 bridgehead atoms. The zero-order valence-corrected chi connectivity index (χ0v) is 11.6. The van der Waals surface area contributed by atoms with Gasteiger partial charge in [-0.05, 0) is 36.4 Å². The van der Waals surface area contributed by atoms with Crippen LogP contribution in [0.3, 0.4) is 0 Å². The Morgan fingerprint density at radius 3 is 2.38 bits per heavy atom. The van der Waals surface area contributed by atoms with E-state index in [0.717, 1.165) is 22.5 Å². The number of nitrogens with zero attached hydrogens (tertiary/aromatic N) is 3. The molecule has 104 valence electrons. The van der Waals surface area contributed by atoms with Crippen molar-refractivity contribution in [2.24, 2.45) is 5.73 Å². The molecule has 0 saturated carbocycles. The number of nitrogens with two attached hydrogens (primary N) is 1. The summed E-state index contributed by atoms with van der Waals surface area (Å²) in [6.45, 7) is 0. The van der Waals surface area contributed by atoms with Gasteiger partial charge in [-0.15, -0.1) is 0 Å². The monoisotopic (exact) mass is 277 g/mol. The number of anilines is 2. The molecule has 0 saturated heterocycles. The van der Waals surface area contributed by atoms with Gasteiger partial charge in [-0.25, -0.2) is 4.98 Å². The van der Waals surface area contributed by atoms with Gasteiger partial charge < -0.3 is 10.6 Å². The second-order valence-corrected chi connectivity index (χ2v) is 4.74. The first-order valence-corrected chi connectivity index (χ1v) is 6.55. The van der Waals surface area contributed by atoms with Crippen molar-refractivity contribution in [3.63, 3.8) is 0 Å². The topological polar surface area (TPSA) is 78.9 Å². The fourth-order valence-corrected chi connectivity index (χ4v) is 2.11. The Kier molecular flexibility index (Phi) is 3.23. The van der Waals surface area contributed by atoms with E-state index in [1.165, 1.54) is 0 Å². The van der Waals surface area contributed by atoms with E-state index in [1.54, 1.807) is 6.20 Å². The highest BCUT2D eigenvalue weighted by Gasteiger charge is 2.07. The maximum Gasteiger partial charge on any atom is 0.152 e. The Morgan fingerprint density at radius 1 is 1.05 bits per heavy atom. The summed E-state index contributed by atoms with van der Waals surface area (Å²) in [5.41, 5.74) is 8.87. The lowest BCUT2D eigenvalue weighted by Crippen LogP contribution is -2.13. The lowest BCUT2D eigenvalue weighted by atomic mass is 10.2. The predicted molar refractivity (Wildman–Crippen MR) is 85.1 cm³/mol. The first-order chi connectivity index (χ1) is 10.1. The molecule has 2 aromatic carbocycles. The number of nitrogens with one attached hydrogen (secondary N) is 1. The zero-order chi connectivity index (χ0) is 14.8. The van der Waals surface area contributed by atoms with Gasteiger partial charge in [0.2, 0.25) is 0 Å². The summed E-state index contributed by atoms with van der Waals surface area (Å²) in [7, 11) is 1.93. The Labute approximate surface area is 122 Å². The van der Waals surface area contributed by atoms with Crippen molar-refractivity contribution in [3.05, 3.63) is 60.3 Å². The van der Waals surface area contributed by atoms with E-state index in [1.807, 2.05) is 60.5 Å². The van der Waals surface area contributed by atoms with Crippen LogP contribution in [0.4, 0.5) is 11.5 Å². The molecule has 21 heavy (non-hydrogen) atoms. The van der Waals surface area contributed by atoms with Crippen molar-refractivity contribution in [1.29, 1.82) is 5.41 Å². The van der Waals surface area contributed by atoms with E-state index in [-0.39, 0.29) is 5.84 Å². The third-order valence-corrected chi connectivity index (χ3v) is 3.35. The van der Waals surface area contributed by atoms with Gasteiger partial charge in [0.1, 0.15) is 5.84 Å². The summed E-state index contributed by atoms with van der Waals surface area (Å²) in [5.74, 6) is 0.832. The molecule has 0 radical (unpaired) electrons. The highest BCUT2D eigenvalue weighted by atomic mass is 15.2. The van der Waals surface area contributed by atoms with Crippen molar-refractivity contribution < 1.29 is 0 Å². The van der Waals surface area contributed by atoms with Gasteiger partial charge in [-0.1, -0.05) is 12.1 Å². The van der Waals surface area contributed by atoms with Crippen LogP contribution in [0.15, 0.2) is 54.7 Å². The van der Waals surface area contributed by atoms with Crippen molar-refractivity contribution in [2.75, 3.05) is 11.9 Å². The van der Waals surface area contributed by atoms with Crippen molar-refractivity contribution >= 4 is 28.4 Å². The van der Waals surface area contributed by atoms with Gasteiger partial charge in [-0.3, -0.25) is 10.4 Å². The Bertz CT molecular complexity index is 795. The number of nitrogen functional groups attached to an aromatic ring is 1. The van der Waals surface area contributed by atoms with Crippen LogP contribution in [-0.2, 0) is 0 Å². The van der Waals surface area contributed by atoms with Gasteiger partial charge in [0.15, 0.2) is 5.82 Å². The summed E-state index contributed by atoms with van der Waals surface area (Å²) in [6, 6.07) is 15.2. The van der Waals surface area contributed by atoms with Gasteiger partial charge in [0.25, 0.3) is 0 Å². The van der Waals surface area contributed by atoms with Gasteiger partial charge in [-0.2, -0.15) is 0 Å². The second kappa shape index (κ2) is 5.20. The Balaban J connectivity index is 1.95. The van der Waals surface area contributed by atoms with E-state index in [9.17, 15) is 0 Å². The average Bonchev–Trinajstić information content (AvgIpc) is 2.54. The van der Waals surface area contributed by atoms with Crippen molar-refractivity contribution in [3.8, 4) is 0 Å². The van der Waals surface area contributed by atoms with Crippen LogP contribution >= 0.6 is 0 Å². The number of para-hydroxylation sites is 2. The van der Waals surface area contributed by atoms with Crippen molar-refractivity contribution in [2.45, 2.75) is 0 Å². The van der Waals surface area contributed by atoms with Gasteiger partial charge in [0, 0.05) is 18.3 Å². The van der Waals surface area contributed by atoms with Crippen LogP contribution in [0.5, 0.6) is 0 Å². The number of hydrogen-bond acceptors (Lipinski definition) is 4. The first-order valence-electron chi connectivity index (χ1n) is 6.55. The highest BCUT2D eigenvalue weighted by molar-refractivity contribution is 5.95. The average molecular weight is 277 g/mol.